The maximum atomic E-state index is 13.4. The number of hydrogen-bond donors (Lipinski definition) is 3. The van der Waals surface area contributed by atoms with Crippen molar-refractivity contribution < 1.29 is 14.3 Å². The van der Waals surface area contributed by atoms with E-state index >= 15 is 0 Å². The average molecular weight is 626 g/mol. The third kappa shape index (κ3) is 7.07. The number of nitrogens with one attached hydrogen (secondary N) is 3. The van der Waals surface area contributed by atoms with E-state index in [1.165, 1.54) is 31.1 Å². The molecule has 0 aliphatic carbocycles. The van der Waals surface area contributed by atoms with Crippen LogP contribution in [0.4, 0.5) is 23.1 Å². The first kappa shape index (κ1) is 30.7. The van der Waals surface area contributed by atoms with E-state index in [1.807, 2.05) is 13.0 Å². The van der Waals surface area contributed by atoms with Crippen LogP contribution in [0.5, 0.6) is 11.5 Å². The normalized spacial score (nSPS) is 14.1. The highest BCUT2D eigenvalue weighted by atomic mass is 35.5. The fourth-order valence-electron chi connectivity index (χ4n) is 4.98. The van der Waals surface area contributed by atoms with Crippen molar-refractivity contribution in [3.63, 3.8) is 0 Å². The number of aromatic nitrogens is 4. The molecule has 0 saturated carbocycles. The van der Waals surface area contributed by atoms with E-state index in [2.05, 4.69) is 52.6 Å². The summed E-state index contributed by atoms with van der Waals surface area (Å²) >= 11 is 7.89. The zero-order valence-corrected chi connectivity index (χ0v) is 26.3. The van der Waals surface area contributed by atoms with Crippen LogP contribution in [0.15, 0.2) is 30.2 Å². The molecule has 0 bridgehead atoms. The first-order valence-corrected chi connectivity index (χ1v) is 15.4. The minimum atomic E-state index is -0.364. The van der Waals surface area contributed by atoms with Gasteiger partial charge in [-0.3, -0.25) is 4.79 Å². The number of anilines is 4. The molecule has 0 atom stereocenters. The topological polar surface area (TPSA) is 130 Å². The average Bonchev–Trinajstić information content (AvgIpc) is 3.47. The fraction of sp³-hybridized carbons (Fsp3) is 0.414. The molecule has 4 heterocycles. The molecule has 14 heteroatoms. The molecule has 1 aliphatic heterocycles. The number of amides is 1. The number of ether oxygens (including phenoxy) is 2. The van der Waals surface area contributed by atoms with E-state index in [9.17, 15) is 4.79 Å². The monoisotopic (exact) mass is 625 g/mol. The van der Waals surface area contributed by atoms with Gasteiger partial charge in [0.2, 0.25) is 0 Å². The van der Waals surface area contributed by atoms with Crippen molar-refractivity contribution in [2.75, 3.05) is 76.0 Å². The SMILES string of the molecule is CCN1CCN(CCCNc2cc(Nc3ncnc4c(C(=O)Nc5c(C)c(OC)cc(OC)c5Cl)csc34)ncn2)CC1. The minimum Gasteiger partial charge on any atom is -0.496 e. The first-order chi connectivity index (χ1) is 20.9. The van der Waals surface area contributed by atoms with Crippen LogP contribution in [0, 0.1) is 6.92 Å². The summed E-state index contributed by atoms with van der Waals surface area (Å²) in [5, 5.41) is 11.6. The van der Waals surface area contributed by atoms with Crippen molar-refractivity contribution in [3.05, 3.63) is 46.3 Å². The van der Waals surface area contributed by atoms with Crippen LogP contribution in [0.1, 0.15) is 29.3 Å². The summed E-state index contributed by atoms with van der Waals surface area (Å²) in [4.78, 5) is 35.9. The van der Waals surface area contributed by atoms with E-state index in [-0.39, 0.29) is 10.9 Å². The summed E-state index contributed by atoms with van der Waals surface area (Å²) in [7, 11) is 3.05. The van der Waals surface area contributed by atoms with Gasteiger partial charge < -0.3 is 35.2 Å². The van der Waals surface area contributed by atoms with Gasteiger partial charge in [0.15, 0.2) is 5.82 Å². The van der Waals surface area contributed by atoms with Crippen LogP contribution in [0.3, 0.4) is 0 Å². The van der Waals surface area contributed by atoms with Gasteiger partial charge in [-0.15, -0.1) is 11.3 Å². The standard InChI is InChI=1S/C29H36ClN9O3S/c1-5-38-9-11-39(12-10-38)8-6-7-31-22-14-23(33-16-32-22)36-28-27-26(34-17-35-28)19(15-43-27)29(40)37-25-18(2)20(41-3)13-21(42-4)24(25)30/h13-17H,5-12H2,1-4H3,(H,37,40)(H2,31,32,33,34,35,36). The largest absolute Gasteiger partial charge is 0.496 e. The number of likely N-dealkylation sites (N-methyl/N-ethyl adjacent to an activating group) is 1. The van der Waals surface area contributed by atoms with Crippen molar-refractivity contribution in [2.24, 2.45) is 0 Å². The second kappa shape index (κ2) is 14.1. The number of fused-ring (bicyclic) bond motifs is 1. The molecule has 0 unspecified atom stereocenters. The van der Waals surface area contributed by atoms with Gasteiger partial charge in [-0.1, -0.05) is 18.5 Å². The maximum Gasteiger partial charge on any atom is 0.258 e. The molecular weight excluding hydrogens is 590 g/mol. The number of nitrogens with zero attached hydrogens (tertiary/aromatic N) is 6. The highest BCUT2D eigenvalue weighted by Gasteiger charge is 2.22. The number of halogens is 1. The van der Waals surface area contributed by atoms with Gasteiger partial charge in [0.1, 0.15) is 40.8 Å². The van der Waals surface area contributed by atoms with E-state index in [1.54, 1.807) is 18.6 Å². The van der Waals surface area contributed by atoms with Crippen LogP contribution in [-0.4, -0.2) is 95.7 Å². The lowest BCUT2D eigenvalue weighted by molar-refractivity contribution is 0.102. The molecular formula is C29H36ClN9O3S. The van der Waals surface area contributed by atoms with Crippen molar-refractivity contribution in [3.8, 4) is 11.5 Å². The Hall–Kier alpha value is -3.78. The molecule has 1 fully saturated rings. The first-order valence-electron chi connectivity index (χ1n) is 14.1. The van der Waals surface area contributed by atoms with Crippen molar-refractivity contribution >= 4 is 62.2 Å². The summed E-state index contributed by atoms with van der Waals surface area (Å²) in [6.07, 6.45) is 3.95. The lowest BCUT2D eigenvalue weighted by Gasteiger charge is -2.33. The Balaban J connectivity index is 1.24. The molecule has 3 aromatic heterocycles. The second-order valence-corrected chi connectivity index (χ2v) is 11.3. The van der Waals surface area contributed by atoms with Gasteiger partial charge >= 0.3 is 0 Å². The van der Waals surface area contributed by atoms with Crippen LogP contribution < -0.4 is 25.4 Å². The third-order valence-corrected chi connectivity index (χ3v) is 8.85. The molecule has 43 heavy (non-hydrogen) atoms. The Bertz CT molecular complexity index is 1550. The van der Waals surface area contributed by atoms with E-state index in [4.69, 9.17) is 21.1 Å². The molecule has 1 aliphatic rings. The van der Waals surface area contributed by atoms with E-state index < -0.39 is 0 Å². The number of benzene rings is 1. The molecule has 228 valence electrons. The van der Waals surface area contributed by atoms with Gasteiger partial charge in [0, 0.05) is 55.8 Å². The number of rotatable bonds is 12. The summed E-state index contributed by atoms with van der Waals surface area (Å²) in [5.74, 6) is 2.43. The summed E-state index contributed by atoms with van der Waals surface area (Å²) in [6.45, 7) is 11.6. The Morgan fingerprint density at radius 3 is 2.47 bits per heavy atom. The number of carbonyl (C=O) groups excluding carboxylic acids is 1. The second-order valence-electron chi connectivity index (χ2n) is 10.1. The fourth-order valence-corrected chi connectivity index (χ4v) is 6.25. The molecule has 0 spiro atoms. The Kier molecular flexibility index (Phi) is 10.1. The highest BCUT2D eigenvalue weighted by Crippen LogP contribution is 2.41. The Morgan fingerprint density at radius 2 is 1.72 bits per heavy atom. The lowest BCUT2D eigenvalue weighted by Crippen LogP contribution is -2.46. The van der Waals surface area contributed by atoms with Gasteiger partial charge in [-0.05, 0) is 26.4 Å². The number of thiophene rings is 1. The van der Waals surface area contributed by atoms with Crippen LogP contribution in [0.2, 0.25) is 5.02 Å². The van der Waals surface area contributed by atoms with Crippen LogP contribution in [0.25, 0.3) is 10.2 Å². The highest BCUT2D eigenvalue weighted by molar-refractivity contribution is 7.18. The van der Waals surface area contributed by atoms with Crippen LogP contribution in [-0.2, 0) is 0 Å². The van der Waals surface area contributed by atoms with E-state index in [0.29, 0.717) is 45.5 Å². The zero-order chi connectivity index (χ0) is 30.3. The third-order valence-electron chi connectivity index (χ3n) is 7.50. The molecule has 1 saturated heterocycles. The molecule has 12 nitrogen and oxygen atoms in total. The number of hydrogen-bond acceptors (Lipinski definition) is 12. The van der Waals surface area contributed by atoms with Crippen molar-refractivity contribution in [1.82, 2.24) is 29.7 Å². The Labute approximate surface area is 259 Å². The maximum absolute atomic E-state index is 13.4. The molecule has 4 aromatic rings. The zero-order valence-electron chi connectivity index (χ0n) is 24.7. The van der Waals surface area contributed by atoms with Crippen LogP contribution >= 0.6 is 22.9 Å². The number of carbonyl (C=O) groups is 1. The van der Waals surface area contributed by atoms with Crippen molar-refractivity contribution in [1.29, 1.82) is 0 Å². The van der Waals surface area contributed by atoms with Crippen molar-refractivity contribution in [2.45, 2.75) is 20.3 Å². The van der Waals surface area contributed by atoms with E-state index in [0.717, 1.165) is 62.8 Å². The van der Waals surface area contributed by atoms with Gasteiger partial charge in [0.25, 0.3) is 5.91 Å². The molecule has 1 aromatic carbocycles. The summed E-state index contributed by atoms with van der Waals surface area (Å²) in [6, 6.07) is 3.53. The van der Waals surface area contributed by atoms with Gasteiger partial charge in [-0.2, -0.15) is 0 Å². The van der Waals surface area contributed by atoms with Gasteiger partial charge in [0.05, 0.1) is 35.7 Å². The number of methoxy groups -OCH3 is 2. The summed E-state index contributed by atoms with van der Waals surface area (Å²) < 4.78 is 11.5. The number of piperazine rings is 1. The lowest BCUT2D eigenvalue weighted by atomic mass is 10.1. The molecule has 1 amide bonds. The Morgan fingerprint density at radius 1 is 1.00 bits per heavy atom. The predicted molar refractivity (Wildman–Crippen MR) is 172 cm³/mol. The molecule has 3 N–H and O–H groups in total. The molecule has 5 rings (SSSR count). The quantitative estimate of drug-likeness (QED) is 0.186. The predicted octanol–water partition coefficient (Wildman–Crippen LogP) is 4.90. The minimum absolute atomic E-state index is 0.286. The smallest absolute Gasteiger partial charge is 0.258 e. The van der Waals surface area contributed by atoms with Gasteiger partial charge in [-0.25, -0.2) is 19.9 Å². The summed E-state index contributed by atoms with van der Waals surface area (Å²) in [5.41, 5.74) is 2.00. The molecule has 0 radical (unpaired) electrons.